The molecule has 4 heterocycles. The van der Waals surface area contributed by atoms with Gasteiger partial charge in [0.15, 0.2) is 0 Å². The van der Waals surface area contributed by atoms with Crippen LogP contribution in [-0.4, -0.2) is 40.2 Å². The second-order valence-electron chi connectivity index (χ2n) is 5.45. The van der Waals surface area contributed by atoms with Crippen LogP contribution in [0.2, 0.25) is 0 Å². The van der Waals surface area contributed by atoms with Crippen molar-refractivity contribution in [2.75, 3.05) is 19.6 Å². The lowest BCUT2D eigenvalue weighted by atomic mass is 9.76. The highest BCUT2D eigenvalue weighted by molar-refractivity contribution is 5.33. The van der Waals surface area contributed by atoms with Gasteiger partial charge in [-0.25, -0.2) is 4.98 Å². The minimum Gasteiger partial charge on any atom is -0.376 e. The van der Waals surface area contributed by atoms with Crippen LogP contribution in [0.1, 0.15) is 24.1 Å². The molecule has 3 heteroatoms. The SMILES string of the molecule is Cc1ccc(C#CC2(O)CN3CCC2CC3)nc1. The van der Waals surface area contributed by atoms with Crippen LogP contribution in [0.3, 0.4) is 0 Å². The lowest BCUT2D eigenvalue weighted by molar-refractivity contribution is -0.0713. The van der Waals surface area contributed by atoms with Crippen LogP contribution in [0.15, 0.2) is 18.3 Å². The Hall–Kier alpha value is -1.37. The number of fused-ring (bicyclic) bond motifs is 3. The molecular formula is C15H18N2O. The Labute approximate surface area is 108 Å². The second-order valence-corrected chi connectivity index (χ2v) is 5.45. The maximum Gasteiger partial charge on any atom is 0.141 e. The van der Waals surface area contributed by atoms with Crippen molar-refractivity contribution in [3.8, 4) is 11.8 Å². The van der Waals surface area contributed by atoms with Gasteiger partial charge in [-0.3, -0.25) is 4.90 Å². The van der Waals surface area contributed by atoms with Gasteiger partial charge in [-0.05, 0) is 50.4 Å². The first-order valence-corrected chi connectivity index (χ1v) is 6.56. The Morgan fingerprint density at radius 3 is 2.72 bits per heavy atom. The van der Waals surface area contributed by atoms with Gasteiger partial charge in [-0.2, -0.15) is 0 Å². The fourth-order valence-corrected chi connectivity index (χ4v) is 2.89. The number of aliphatic hydroxyl groups is 1. The maximum atomic E-state index is 10.6. The number of piperidine rings is 3. The van der Waals surface area contributed by atoms with E-state index in [1.807, 2.05) is 25.3 Å². The van der Waals surface area contributed by atoms with Crippen molar-refractivity contribution in [3.63, 3.8) is 0 Å². The summed E-state index contributed by atoms with van der Waals surface area (Å²) < 4.78 is 0. The smallest absolute Gasteiger partial charge is 0.141 e. The molecule has 0 aliphatic carbocycles. The van der Waals surface area contributed by atoms with Crippen molar-refractivity contribution in [3.05, 3.63) is 29.6 Å². The number of aromatic nitrogens is 1. The molecule has 2 bridgehead atoms. The molecule has 0 saturated carbocycles. The van der Waals surface area contributed by atoms with Crippen molar-refractivity contribution in [2.24, 2.45) is 5.92 Å². The van der Waals surface area contributed by atoms with Crippen molar-refractivity contribution in [1.29, 1.82) is 0 Å². The molecule has 1 aromatic heterocycles. The Balaban J connectivity index is 1.82. The molecule has 3 aliphatic rings. The van der Waals surface area contributed by atoms with E-state index in [0.29, 0.717) is 12.5 Å². The molecule has 3 aliphatic heterocycles. The van der Waals surface area contributed by atoms with Crippen molar-refractivity contribution in [2.45, 2.75) is 25.4 Å². The van der Waals surface area contributed by atoms with Crippen LogP contribution in [0.4, 0.5) is 0 Å². The van der Waals surface area contributed by atoms with Gasteiger partial charge in [0.05, 0.1) is 0 Å². The van der Waals surface area contributed by atoms with Crippen molar-refractivity contribution < 1.29 is 5.11 Å². The van der Waals surface area contributed by atoms with Gasteiger partial charge in [0.1, 0.15) is 11.3 Å². The van der Waals surface area contributed by atoms with Crippen LogP contribution in [-0.2, 0) is 0 Å². The fourth-order valence-electron chi connectivity index (χ4n) is 2.89. The molecular weight excluding hydrogens is 224 g/mol. The van der Waals surface area contributed by atoms with Crippen LogP contribution in [0, 0.1) is 24.7 Å². The molecule has 1 aromatic rings. The van der Waals surface area contributed by atoms with E-state index < -0.39 is 5.60 Å². The predicted molar refractivity (Wildman–Crippen MR) is 70.0 cm³/mol. The summed E-state index contributed by atoms with van der Waals surface area (Å²) in [7, 11) is 0. The standard InChI is InChI=1S/C15H18N2O/c1-12-2-3-14(16-10-12)4-7-15(18)11-17-8-5-13(15)6-9-17/h2-3,10,13,18H,5-6,8-9,11H2,1H3. The maximum absolute atomic E-state index is 10.6. The Morgan fingerprint density at radius 2 is 2.17 bits per heavy atom. The van der Waals surface area contributed by atoms with Crippen LogP contribution < -0.4 is 0 Å². The van der Waals surface area contributed by atoms with Crippen LogP contribution >= 0.6 is 0 Å². The normalized spacial score (nSPS) is 33.9. The molecule has 18 heavy (non-hydrogen) atoms. The van der Waals surface area contributed by atoms with E-state index in [9.17, 15) is 5.11 Å². The average molecular weight is 242 g/mol. The largest absolute Gasteiger partial charge is 0.376 e. The fraction of sp³-hybridized carbons (Fsp3) is 0.533. The summed E-state index contributed by atoms with van der Waals surface area (Å²) in [6.45, 7) is 4.91. The zero-order valence-corrected chi connectivity index (χ0v) is 10.7. The van der Waals surface area contributed by atoms with E-state index in [1.54, 1.807) is 0 Å². The minimum absolute atomic E-state index is 0.334. The van der Waals surface area contributed by atoms with Crippen molar-refractivity contribution in [1.82, 2.24) is 9.88 Å². The van der Waals surface area contributed by atoms with E-state index >= 15 is 0 Å². The molecule has 4 rings (SSSR count). The Bertz CT molecular complexity index is 491. The Morgan fingerprint density at radius 1 is 1.39 bits per heavy atom. The number of aryl methyl sites for hydroxylation is 1. The molecule has 3 fully saturated rings. The number of hydrogen-bond donors (Lipinski definition) is 1. The van der Waals surface area contributed by atoms with Gasteiger partial charge in [-0.15, -0.1) is 0 Å². The second kappa shape index (κ2) is 4.38. The number of nitrogens with zero attached hydrogens (tertiary/aromatic N) is 2. The van der Waals surface area contributed by atoms with Gasteiger partial charge >= 0.3 is 0 Å². The molecule has 1 atom stereocenters. The quantitative estimate of drug-likeness (QED) is 0.694. The highest BCUT2D eigenvalue weighted by atomic mass is 16.3. The summed E-state index contributed by atoms with van der Waals surface area (Å²) in [5.41, 5.74) is 1.04. The third kappa shape index (κ3) is 2.14. The lowest BCUT2D eigenvalue weighted by Crippen LogP contribution is -2.58. The topological polar surface area (TPSA) is 36.4 Å². The van der Waals surface area contributed by atoms with Gasteiger partial charge < -0.3 is 5.11 Å². The molecule has 1 unspecified atom stereocenters. The van der Waals surface area contributed by atoms with Gasteiger partial charge in [0.2, 0.25) is 0 Å². The van der Waals surface area contributed by atoms with Gasteiger partial charge in [-0.1, -0.05) is 12.0 Å². The van der Waals surface area contributed by atoms with Crippen LogP contribution in [0.5, 0.6) is 0 Å². The highest BCUT2D eigenvalue weighted by Crippen LogP contribution is 2.35. The summed E-state index contributed by atoms with van der Waals surface area (Å²) >= 11 is 0. The third-order valence-corrected chi connectivity index (χ3v) is 4.05. The highest BCUT2D eigenvalue weighted by Gasteiger charge is 2.44. The minimum atomic E-state index is -0.830. The molecule has 0 aromatic carbocycles. The summed E-state index contributed by atoms with van der Waals surface area (Å²) in [5, 5.41) is 10.6. The molecule has 1 N–H and O–H groups in total. The van der Waals surface area contributed by atoms with E-state index in [-0.39, 0.29) is 0 Å². The number of rotatable bonds is 0. The monoisotopic (exact) mass is 242 g/mol. The molecule has 0 amide bonds. The molecule has 3 saturated heterocycles. The van der Waals surface area contributed by atoms with E-state index in [1.165, 1.54) is 0 Å². The zero-order chi connectivity index (χ0) is 12.6. The number of hydrogen-bond acceptors (Lipinski definition) is 3. The first kappa shape index (κ1) is 11.7. The summed E-state index contributed by atoms with van der Waals surface area (Å²) in [6.07, 6.45) is 3.93. The zero-order valence-electron chi connectivity index (χ0n) is 10.7. The van der Waals surface area contributed by atoms with E-state index in [2.05, 4.69) is 21.7 Å². The molecule has 0 spiro atoms. The van der Waals surface area contributed by atoms with E-state index in [4.69, 9.17) is 0 Å². The average Bonchev–Trinajstić information content (AvgIpc) is 2.39. The lowest BCUT2D eigenvalue weighted by Gasteiger charge is -2.47. The first-order valence-electron chi connectivity index (χ1n) is 6.56. The van der Waals surface area contributed by atoms with E-state index in [0.717, 1.165) is 37.2 Å². The third-order valence-electron chi connectivity index (χ3n) is 4.05. The molecule has 3 nitrogen and oxygen atoms in total. The summed E-state index contributed by atoms with van der Waals surface area (Å²) in [6, 6.07) is 3.91. The van der Waals surface area contributed by atoms with Crippen LogP contribution in [0.25, 0.3) is 0 Å². The Kier molecular flexibility index (Phi) is 2.85. The first-order chi connectivity index (χ1) is 8.66. The predicted octanol–water partition coefficient (Wildman–Crippen LogP) is 1.20. The number of pyridine rings is 1. The van der Waals surface area contributed by atoms with Gasteiger partial charge in [0, 0.05) is 18.7 Å². The van der Waals surface area contributed by atoms with Gasteiger partial charge in [0.25, 0.3) is 0 Å². The van der Waals surface area contributed by atoms with Crippen molar-refractivity contribution >= 4 is 0 Å². The molecule has 0 radical (unpaired) electrons. The summed E-state index contributed by atoms with van der Waals surface area (Å²) in [5.74, 6) is 6.43. The molecule has 94 valence electrons. The summed E-state index contributed by atoms with van der Waals surface area (Å²) in [4.78, 5) is 6.56.